The molecule has 2 aromatic heterocycles. The fraction of sp³-hybridized carbons (Fsp3) is 0.282. The normalized spacial score (nSPS) is 23.0. The fourth-order valence-corrected chi connectivity index (χ4v) is 8.81. The Labute approximate surface area is 244 Å². The van der Waals surface area contributed by atoms with Crippen LogP contribution in [0.4, 0.5) is 0 Å². The molecule has 5 aromatic rings. The lowest BCUT2D eigenvalue weighted by atomic mass is 9.59. The maximum Gasteiger partial charge on any atom is 0.214 e. The largest absolute Gasteiger partial charge is 0.214 e. The van der Waals surface area contributed by atoms with Gasteiger partial charge in [-0.3, -0.25) is 0 Å². The Morgan fingerprint density at radius 1 is 0.780 bits per heavy atom. The summed E-state index contributed by atoms with van der Waals surface area (Å²) in [6.45, 7) is 7.18. The van der Waals surface area contributed by atoms with Crippen LogP contribution >= 0.6 is 0 Å². The second-order valence-electron chi connectivity index (χ2n) is 12.7. The van der Waals surface area contributed by atoms with Gasteiger partial charge in [-0.1, -0.05) is 67.6 Å². The SMILES string of the molecule is CCC1(C)c2ccccc2-c2cccc3[n+]2C1(CCC1c2ccccc2-c2cc(-c4ccccc4C)cc[n+]21)CC3. The third-order valence-corrected chi connectivity index (χ3v) is 11.0. The Morgan fingerprint density at radius 3 is 2.37 bits per heavy atom. The maximum absolute atomic E-state index is 2.78. The highest BCUT2D eigenvalue weighted by Gasteiger charge is 2.63. The molecule has 3 aliphatic rings. The van der Waals surface area contributed by atoms with E-state index < -0.39 is 0 Å². The van der Waals surface area contributed by atoms with Crippen LogP contribution in [0.1, 0.15) is 68.0 Å². The molecule has 3 atom stereocenters. The Balaban J connectivity index is 1.24. The van der Waals surface area contributed by atoms with Gasteiger partial charge < -0.3 is 0 Å². The van der Waals surface area contributed by atoms with Gasteiger partial charge in [0.2, 0.25) is 11.4 Å². The van der Waals surface area contributed by atoms with Crippen molar-refractivity contribution < 1.29 is 9.13 Å². The molecule has 3 aliphatic heterocycles. The van der Waals surface area contributed by atoms with Crippen molar-refractivity contribution in [3.05, 3.63) is 132 Å². The zero-order valence-electron chi connectivity index (χ0n) is 24.4. The second kappa shape index (κ2) is 8.98. The average Bonchev–Trinajstić information content (AvgIpc) is 3.56. The maximum atomic E-state index is 2.78. The van der Waals surface area contributed by atoms with Crippen LogP contribution < -0.4 is 9.13 Å². The predicted octanol–water partition coefficient (Wildman–Crippen LogP) is 8.28. The molecular weight excluding hydrogens is 496 g/mol. The Bertz CT molecular complexity index is 1830. The number of hydrogen-bond acceptors (Lipinski definition) is 0. The molecule has 0 spiro atoms. The van der Waals surface area contributed by atoms with E-state index >= 15 is 0 Å². The lowest BCUT2D eigenvalue weighted by Gasteiger charge is -2.46. The fourth-order valence-electron chi connectivity index (χ4n) is 8.81. The van der Waals surface area contributed by atoms with Crippen LogP contribution in [0.25, 0.3) is 33.6 Å². The minimum Gasteiger partial charge on any atom is -0.191 e. The molecule has 5 heterocycles. The monoisotopic (exact) mass is 534 g/mol. The highest BCUT2D eigenvalue weighted by molar-refractivity contribution is 5.73. The minimum atomic E-state index is 0.0708. The Kier molecular flexibility index (Phi) is 5.42. The van der Waals surface area contributed by atoms with Gasteiger partial charge in [0, 0.05) is 55.5 Å². The van der Waals surface area contributed by atoms with Crippen molar-refractivity contribution in [3.63, 3.8) is 0 Å². The van der Waals surface area contributed by atoms with E-state index in [1.165, 1.54) is 62.4 Å². The average molecular weight is 535 g/mol. The molecule has 2 nitrogen and oxygen atoms in total. The van der Waals surface area contributed by atoms with Crippen molar-refractivity contribution in [2.75, 3.05) is 0 Å². The molecule has 0 saturated heterocycles. The third-order valence-electron chi connectivity index (χ3n) is 11.0. The number of aryl methyl sites for hydroxylation is 2. The molecule has 0 N–H and O–H groups in total. The minimum absolute atomic E-state index is 0.0708. The van der Waals surface area contributed by atoms with E-state index in [1.807, 2.05) is 0 Å². The summed E-state index contributed by atoms with van der Waals surface area (Å²) < 4.78 is 5.35. The van der Waals surface area contributed by atoms with Crippen molar-refractivity contribution in [3.8, 4) is 33.6 Å². The lowest BCUT2D eigenvalue weighted by Crippen LogP contribution is -2.68. The molecule has 0 bridgehead atoms. The summed E-state index contributed by atoms with van der Waals surface area (Å²) in [6, 6.07) is 39.2. The molecule has 41 heavy (non-hydrogen) atoms. The zero-order chi connectivity index (χ0) is 27.8. The first kappa shape index (κ1) is 24.7. The molecular formula is C39H38N2+2. The van der Waals surface area contributed by atoms with E-state index in [-0.39, 0.29) is 11.0 Å². The van der Waals surface area contributed by atoms with Crippen LogP contribution in [0.5, 0.6) is 0 Å². The standard InChI is InChI=1S/C39H38N2/c1-4-38(3)34-18-10-9-17-33(34)36-19-11-13-29-20-23-39(38,41(29)36)24-21-35-31-15-7-8-16-32(31)37-26-28(22-25-40(35)37)30-14-6-5-12-27(30)2/h5-19,22,25-26,35H,4,20-21,23-24H2,1-3H3/q+2. The van der Waals surface area contributed by atoms with E-state index in [0.29, 0.717) is 6.04 Å². The smallest absolute Gasteiger partial charge is 0.191 e. The molecule has 0 amide bonds. The van der Waals surface area contributed by atoms with Crippen LogP contribution in [0.2, 0.25) is 0 Å². The first-order valence-electron chi connectivity index (χ1n) is 15.4. The molecule has 3 unspecified atom stereocenters. The first-order chi connectivity index (χ1) is 20.1. The van der Waals surface area contributed by atoms with E-state index in [0.717, 1.165) is 25.7 Å². The Morgan fingerprint density at radius 2 is 1.54 bits per heavy atom. The molecule has 8 rings (SSSR count). The molecule has 0 radical (unpaired) electrons. The number of aromatic nitrogens is 2. The summed E-state index contributed by atoms with van der Waals surface area (Å²) in [5.74, 6) is 0. The third kappa shape index (κ3) is 3.31. The molecule has 3 aromatic carbocycles. The van der Waals surface area contributed by atoms with Crippen LogP contribution in [0.15, 0.2) is 109 Å². The van der Waals surface area contributed by atoms with Crippen LogP contribution in [-0.2, 0) is 17.4 Å². The van der Waals surface area contributed by atoms with Crippen LogP contribution in [0.3, 0.4) is 0 Å². The quantitative estimate of drug-likeness (QED) is 0.201. The number of rotatable bonds is 5. The van der Waals surface area contributed by atoms with Crippen molar-refractivity contribution in [2.24, 2.45) is 0 Å². The number of hydrogen-bond donors (Lipinski definition) is 0. The van der Waals surface area contributed by atoms with Gasteiger partial charge in [-0.2, -0.15) is 9.13 Å². The highest BCUT2D eigenvalue weighted by atomic mass is 15.1. The van der Waals surface area contributed by atoms with Crippen LogP contribution in [0, 0.1) is 6.92 Å². The van der Waals surface area contributed by atoms with Gasteiger partial charge in [0.1, 0.15) is 0 Å². The predicted molar refractivity (Wildman–Crippen MR) is 166 cm³/mol. The summed E-state index contributed by atoms with van der Waals surface area (Å²) in [6.07, 6.45) is 8.14. The van der Waals surface area contributed by atoms with Crippen LogP contribution in [-0.4, -0.2) is 0 Å². The van der Waals surface area contributed by atoms with Crippen molar-refractivity contribution >= 4 is 0 Å². The van der Waals surface area contributed by atoms with Gasteiger partial charge >= 0.3 is 0 Å². The van der Waals surface area contributed by atoms with Gasteiger partial charge in [0.05, 0.1) is 16.5 Å². The topological polar surface area (TPSA) is 7.76 Å². The highest BCUT2D eigenvalue weighted by Crippen LogP contribution is 2.55. The van der Waals surface area contributed by atoms with E-state index in [9.17, 15) is 0 Å². The molecule has 202 valence electrons. The van der Waals surface area contributed by atoms with Gasteiger partial charge in [0.25, 0.3) is 0 Å². The molecule has 0 fully saturated rings. The van der Waals surface area contributed by atoms with Gasteiger partial charge in [-0.05, 0) is 60.7 Å². The summed E-state index contributed by atoms with van der Waals surface area (Å²) in [5.41, 5.74) is 14.2. The number of fused-ring (bicyclic) bond motifs is 5. The molecule has 2 heteroatoms. The molecule has 0 saturated carbocycles. The van der Waals surface area contributed by atoms with Gasteiger partial charge in [-0.15, -0.1) is 0 Å². The van der Waals surface area contributed by atoms with Gasteiger partial charge in [0.15, 0.2) is 23.5 Å². The summed E-state index contributed by atoms with van der Waals surface area (Å²) in [5, 5.41) is 0. The van der Waals surface area contributed by atoms with E-state index in [4.69, 9.17) is 0 Å². The Hall–Kier alpha value is -4.04. The van der Waals surface area contributed by atoms with E-state index in [1.54, 1.807) is 0 Å². The number of pyridine rings is 2. The molecule has 0 aliphatic carbocycles. The zero-order valence-corrected chi connectivity index (χ0v) is 24.4. The summed E-state index contributed by atoms with van der Waals surface area (Å²) >= 11 is 0. The lowest BCUT2D eigenvalue weighted by molar-refractivity contribution is -0.764. The van der Waals surface area contributed by atoms with Crippen molar-refractivity contribution in [2.45, 2.75) is 69.9 Å². The second-order valence-corrected chi connectivity index (χ2v) is 12.7. The number of benzene rings is 3. The van der Waals surface area contributed by atoms with Crippen molar-refractivity contribution in [1.29, 1.82) is 0 Å². The summed E-state index contributed by atoms with van der Waals surface area (Å²) in [7, 11) is 0. The van der Waals surface area contributed by atoms with E-state index in [2.05, 4.69) is 139 Å². The number of nitrogens with zero attached hydrogens (tertiary/aromatic N) is 2. The first-order valence-corrected chi connectivity index (χ1v) is 15.4. The van der Waals surface area contributed by atoms with Gasteiger partial charge in [-0.25, -0.2) is 0 Å². The summed E-state index contributed by atoms with van der Waals surface area (Å²) in [4.78, 5) is 0. The van der Waals surface area contributed by atoms with Crippen molar-refractivity contribution in [1.82, 2.24) is 0 Å².